The van der Waals surface area contributed by atoms with Crippen molar-refractivity contribution >= 4 is 17.9 Å². The highest BCUT2D eigenvalue weighted by Gasteiger charge is 2.61. The summed E-state index contributed by atoms with van der Waals surface area (Å²) >= 11 is 0. The lowest BCUT2D eigenvalue weighted by Crippen LogP contribution is -2.47. The molecule has 1 aromatic carbocycles. The Morgan fingerprint density at radius 3 is 2.40 bits per heavy atom. The average molecular weight is 414 g/mol. The van der Waals surface area contributed by atoms with Crippen LogP contribution in [0.15, 0.2) is 18.2 Å². The summed E-state index contributed by atoms with van der Waals surface area (Å²) in [4.78, 5) is 34.9. The third-order valence-electron chi connectivity index (χ3n) is 7.46. The molecule has 1 aromatic rings. The maximum atomic E-state index is 11.8. The zero-order chi connectivity index (χ0) is 21.6. The van der Waals surface area contributed by atoms with Crippen molar-refractivity contribution in [2.45, 2.75) is 77.9 Å². The van der Waals surface area contributed by atoms with Gasteiger partial charge in [-0.15, -0.1) is 0 Å². The van der Waals surface area contributed by atoms with Gasteiger partial charge in [0.05, 0.1) is 0 Å². The molecule has 6 nitrogen and oxygen atoms in total. The van der Waals surface area contributed by atoms with Crippen molar-refractivity contribution in [2.24, 2.45) is 17.3 Å². The van der Waals surface area contributed by atoms with Crippen molar-refractivity contribution in [1.82, 2.24) is 0 Å². The van der Waals surface area contributed by atoms with Crippen LogP contribution in [-0.4, -0.2) is 30.1 Å². The highest BCUT2D eigenvalue weighted by atomic mass is 16.6. The normalized spacial score (nSPS) is 34.2. The second-order valence-electron chi connectivity index (χ2n) is 9.32. The molecule has 0 aromatic heterocycles. The lowest BCUT2D eigenvalue weighted by atomic mass is 9.55. The Labute approximate surface area is 177 Å². The quantitative estimate of drug-likeness (QED) is 0.551. The number of rotatable bonds is 3. The van der Waals surface area contributed by atoms with E-state index in [0.29, 0.717) is 24.0 Å². The minimum absolute atomic E-state index is 0.158. The maximum absolute atomic E-state index is 11.8. The van der Waals surface area contributed by atoms with Gasteiger partial charge in [0.1, 0.15) is 18.0 Å². The van der Waals surface area contributed by atoms with E-state index in [9.17, 15) is 14.4 Å². The molecule has 0 spiro atoms. The molecule has 0 N–H and O–H groups in total. The van der Waals surface area contributed by atoms with Gasteiger partial charge in [0.15, 0.2) is 0 Å². The summed E-state index contributed by atoms with van der Waals surface area (Å²) in [6.07, 6.45) is 3.91. The number of hydrogen-bond acceptors (Lipinski definition) is 6. The second kappa shape index (κ2) is 7.71. The molecule has 2 saturated carbocycles. The first-order chi connectivity index (χ1) is 14.2. The highest BCUT2D eigenvalue weighted by Crippen LogP contribution is 2.62. The van der Waals surface area contributed by atoms with Gasteiger partial charge in [-0.2, -0.15) is 0 Å². The van der Waals surface area contributed by atoms with E-state index in [1.54, 1.807) is 0 Å². The standard InChI is InChI=1S/C24H30O6/c1-13(25)28-17-6-8-18-16(11-17)5-7-20-19(18)9-10-24(4)22(30-15(3)27)12-21(23(20)24)29-14(2)26/h6,8,11,19-23H,5,7,9-10,12H2,1-4H3/t19-,20-,21-,22+,23-,24-/m1/s1. The van der Waals surface area contributed by atoms with Crippen LogP contribution in [0.2, 0.25) is 0 Å². The van der Waals surface area contributed by atoms with E-state index >= 15 is 0 Å². The van der Waals surface area contributed by atoms with E-state index in [1.165, 1.54) is 31.9 Å². The molecular formula is C24H30O6. The van der Waals surface area contributed by atoms with Crippen LogP contribution in [0.5, 0.6) is 5.75 Å². The molecular weight excluding hydrogens is 384 g/mol. The minimum atomic E-state index is -0.316. The minimum Gasteiger partial charge on any atom is -0.462 e. The summed E-state index contributed by atoms with van der Waals surface area (Å²) in [6, 6.07) is 5.95. The Morgan fingerprint density at radius 1 is 1.00 bits per heavy atom. The largest absolute Gasteiger partial charge is 0.462 e. The Kier molecular flexibility index (Phi) is 5.37. The highest BCUT2D eigenvalue weighted by molar-refractivity contribution is 5.69. The van der Waals surface area contributed by atoms with Gasteiger partial charge in [0, 0.05) is 38.5 Å². The van der Waals surface area contributed by atoms with Crippen LogP contribution in [0.4, 0.5) is 0 Å². The number of carbonyl (C=O) groups excluding carboxylic acids is 3. The van der Waals surface area contributed by atoms with Crippen molar-refractivity contribution in [2.75, 3.05) is 0 Å². The van der Waals surface area contributed by atoms with Gasteiger partial charge in [-0.05, 0) is 60.8 Å². The van der Waals surface area contributed by atoms with Crippen molar-refractivity contribution in [3.05, 3.63) is 29.3 Å². The number of carbonyl (C=O) groups is 3. The predicted octanol–water partition coefficient (Wildman–Crippen LogP) is 3.94. The predicted molar refractivity (Wildman–Crippen MR) is 109 cm³/mol. The van der Waals surface area contributed by atoms with Crippen LogP contribution in [0.3, 0.4) is 0 Å². The van der Waals surface area contributed by atoms with E-state index in [4.69, 9.17) is 14.2 Å². The second-order valence-corrected chi connectivity index (χ2v) is 9.32. The molecule has 0 saturated heterocycles. The Hall–Kier alpha value is -2.37. The number of hydrogen-bond donors (Lipinski definition) is 0. The SMILES string of the molecule is CC(=O)Oc1ccc2c(c1)CC[C@H]1[C@@H]3[C@H](OC(C)=O)C[C@H](OC(C)=O)[C@@]3(C)CC[C@H]21. The summed E-state index contributed by atoms with van der Waals surface area (Å²) in [7, 11) is 0. The third kappa shape index (κ3) is 3.61. The van der Waals surface area contributed by atoms with E-state index in [-0.39, 0.29) is 41.4 Å². The molecule has 162 valence electrons. The van der Waals surface area contributed by atoms with Crippen LogP contribution in [0.25, 0.3) is 0 Å². The average Bonchev–Trinajstić information content (AvgIpc) is 2.91. The van der Waals surface area contributed by atoms with Gasteiger partial charge in [0.2, 0.25) is 0 Å². The summed E-state index contributed by atoms with van der Waals surface area (Å²) < 4.78 is 16.8. The first-order valence-electron chi connectivity index (χ1n) is 10.8. The van der Waals surface area contributed by atoms with Crippen LogP contribution in [0, 0.1) is 17.3 Å². The number of fused-ring (bicyclic) bond motifs is 5. The van der Waals surface area contributed by atoms with E-state index in [1.807, 2.05) is 12.1 Å². The van der Waals surface area contributed by atoms with Crippen LogP contribution < -0.4 is 4.74 Å². The van der Waals surface area contributed by atoms with Crippen LogP contribution in [-0.2, 0) is 30.3 Å². The van der Waals surface area contributed by atoms with Crippen molar-refractivity contribution < 1.29 is 28.6 Å². The molecule has 0 amide bonds. The fourth-order valence-corrected chi connectivity index (χ4v) is 6.49. The van der Waals surface area contributed by atoms with Crippen molar-refractivity contribution in [1.29, 1.82) is 0 Å². The molecule has 0 aliphatic heterocycles. The van der Waals surface area contributed by atoms with Crippen molar-refractivity contribution in [3.63, 3.8) is 0 Å². The third-order valence-corrected chi connectivity index (χ3v) is 7.46. The molecule has 3 aliphatic carbocycles. The number of esters is 3. The first kappa shape index (κ1) is 20.9. The van der Waals surface area contributed by atoms with Crippen LogP contribution >= 0.6 is 0 Å². The Morgan fingerprint density at radius 2 is 1.73 bits per heavy atom. The fraction of sp³-hybridized carbons (Fsp3) is 0.625. The van der Waals surface area contributed by atoms with E-state index in [2.05, 4.69) is 13.0 Å². The Balaban J connectivity index is 1.66. The van der Waals surface area contributed by atoms with Gasteiger partial charge in [0.25, 0.3) is 0 Å². The number of ether oxygens (including phenoxy) is 3. The smallest absolute Gasteiger partial charge is 0.308 e. The van der Waals surface area contributed by atoms with Crippen molar-refractivity contribution in [3.8, 4) is 5.75 Å². The lowest BCUT2D eigenvalue weighted by Gasteiger charge is -2.51. The van der Waals surface area contributed by atoms with Gasteiger partial charge < -0.3 is 14.2 Å². The first-order valence-corrected chi connectivity index (χ1v) is 10.8. The zero-order valence-electron chi connectivity index (χ0n) is 18.1. The van der Waals surface area contributed by atoms with Gasteiger partial charge in [-0.1, -0.05) is 13.0 Å². The molecule has 4 rings (SSSR count). The fourth-order valence-electron chi connectivity index (χ4n) is 6.49. The lowest BCUT2D eigenvalue weighted by molar-refractivity contribution is -0.156. The maximum Gasteiger partial charge on any atom is 0.308 e. The van der Waals surface area contributed by atoms with Gasteiger partial charge in [-0.25, -0.2) is 0 Å². The summed E-state index contributed by atoms with van der Waals surface area (Å²) in [5, 5.41) is 0. The Bertz CT molecular complexity index is 876. The molecule has 30 heavy (non-hydrogen) atoms. The monoisotopic (exact) mass is 414 g/mol. The van der Waals surface area contributed by atoms with Gasteiger partial charge >= 0.3 is 17.9 Å². The molecule has 6 atom stereocenters. The topological polar surface area (TPSA) is 78.9 Å². The summed E-state index contributed by atoms with van der Waals surface area (Å²) in [5.41, 5.74) is 2.35. The van der Waals surface area contributed by atoms with E-state index < -0.39 is 0 Å². The summed E-state index contributed by atoms with van der Waals surface area (Å²) in [5.74, 6) is 0.601. The molecule has 6 heteroatoms. The van der Waals surface area contributed by atoms with Crippen LogP contribution in [0.1, 0.15) is 70.4 Å². The number of benzene rings is 1. The molecule has 2 fully saturated rings. The number of aryl methyl sites for hydroxylation is 1. The zero-order valence-corrected chi connectivity index (χ0v) is 18.1. The van der Waals surface area contributed by atoms with Gasteiger partial charge in [-0.3, -0.25) is 14.4 Å². The molecule has 0 heterocycles. The molecule has 0 radical (unpaired) electrons. The molecule has 0 bridgehead atoms. The summed E-state index contributed by atoms with van der Waals surface area (Å²) in [6.45, 7) is 6.50. The molecule has 3 aliphatic rings. The van der Waals surface area contributed by atoms with E-state index in [0.717, 1.165) is 25.7 Å². The molecule has 0 unspecified atom stereocenters.